The van der Waals surface area contributed by atoms with Crippen LogP contribution in [0.3, 0.4) is 0 Å². The lowest BCUT2D eigenvalue weighted by molar-refractivity contribution is -0.957. The lowest BCUT2D eigenvalue weighted by Gasteiger charge is -2.47. The molecule has 0 saturated heterocycles. The Balaban J connectivity index is 4.45. The van der Waals surface area contributed by atoms with Crippen LogP contribution in [-0.2, 0) is 0 Å². The predicted octanol–water partition coefficient (Wildman–Crippen LogP) is 3.30. The molecular weight excluding hydrogens is 158 g/mol. The molecule has 0 heterocycles. The van der Waals surface area contributed by atoms with Gasteiger partial charge in [0.25, 0.3) is 0 Å². The van der Waals surface area contributed by atoms with Crippen LogP contribution in [-0.4, -0.2) is 30.2 Å². The fraction of sp³-hybridized carbons (Fsp3) is 1.00. The molecule has 1 atom stereocenters. The molecule has 0 aliphatic rings. The molecule has 0 aromatic rings. The minimum absolute atomic E-state index is 0.342. The van der Waals surface area contributed by atoms with Crippen molar-refractivity contribution in [1.82, 2.24) is 0 Å². The smallest absolute Gasteiger partial charge is 0.0905 e. The Bertz CT molecular complexity index is 151. The molecule has 0 aromatic heterocycles. The van der Waals surface area contributed by atoms with E-state index in [1.54, 1.807) is 0 Å². The van der Waals surface area contributed by atoms with Crippen LogP contribution in [0.1, 0.15) is 48.0 Å². The monoisotopic (exact) mass is 186 g/mol. The summed E-state index contributed by atoms with van der Waals surface area (Å²) in [6.07, 6.45) is 1.31. The second-order valence-corrected chi connectivity index (χ2v) is 6.19. The predicted molar refractivity (Wildman–Crippen MR) is 60.8 cm³/mol. The van der Waals surface area contributed by atoms with Gasteiger partial charge in [-0.15, -0.1) is 0 Å². The van der Waals surface area contributed by atoms with Gasteiger partial charge in [-0.3, -0.25) is 0 Å². The van der Waals surface area contributed by atoms with E-state index in [0.29, 0.717) is 5.54 Å². The third-order valence-corrected chi connectivity index (χ3v) is 3.64. The Kier molecular flexibility index (Phi) is 3.98. The van der Waals surface area contributed by atoms with Crippen molar-refractivity contribution in [1.29, 1.82) is 0 Å². The Hall–Kier alpha value is -0.0400. The van der Waals surface area contributed by atoms with Crippen molar-refractivity contribution < 1.29 is 4.48 Å². The van der Waals surface area contributed by atoms with E-state index in [4.69, 9.17) is 0 Å². The van der Waals surface area contributed by atoms with Crippen molar-refractivity contribution in [3.8, 4) is 0 Å². The summed E-state index contributed by atoms with van der Waals surface area (Å²) in [5.74, 6) is 0.801. The summed E-state index contributed by atoms with van der Waals surface area (Å²) in [6, 6.07) is 0.736. The molecular formula is C12H28N+. The highest BCUT2D eigenvalue weighted by molar-refractivity contribution is 4.65. The Labute approximate surface area is 84.7 Å². The molecule has 0 aliphatic carbocycles. The van der Waals surface area contributed by atoms with Gasteiger partial charge in [-0.05, 0) is 33.6 Å². The van der Waals surface area contributed by atoms with Gasteiger partial charge in [-0.2, -0.15) is 0 Å². The maximum absolute atomic E-state index is 2.37. The third kappa shape index (κ3) is 3.30. The van der Waals surface area contributed by atoms with Gasteiger partial charge in [-0.25, -0.2) is 0 Å². The van der Waals surface area contributed by atoms with Gasteiger partial charge >= 0.3 is 0 Å². The van der Waals surface area contributed by atoms with Crippen molar-refractivity contribution in [3.05, 3.63) is 0 Å². The van der Waals surface area contributed by atoms with Gasteiger partial charge in [0.1, 0.15) is 0 Å². The summed E-state index contributed by atoms with van der Waals surface area (Å²) in [4.78, 5) is 0. The highest BCUT2D eigenvalue weighted by Gasteiger charge is 2.36. The SMILES string of the molecule is CC(C)CC(C)[N+](C)(C)C(C)(C)C. The first-order valence-electron chi connectivity index (χ1n) is 5.42. The van der Waals surface area contributed by atoms with Crippen molar-refractivity contribution in [3.63, 3.8) is 0 Å². The summed E-state index contributed by atoms with van der Waals surface area (Å²) in [7, 11) is 4.68. The van der Waals surface area contributed by atoms with Crippen molar-refractivity contribution in [2.24, 2.45) is 5.92 Å². The van der Waals surface area contributed by atoms with E-state index in [-0.39, 0.29) is 0 Å². The van der Waals surface area contributed by atoms with E-state index in [1.807, 2.05) is 0 Å². The molecule has 0 bridgehead atoms. The molecule has 0 aromatic carbocycles. The molecule has 0 fully saturated rings. The minimum Gasteiger partial charge on any atom is -0.322 e. The second-order valence-electron chi connectivity index (χ2n) is 6.19. The zero-order chi connectivity index (χ0) is 10.9. The molecule has 13 heavy (non-hydrogen) atoms. The number of hydrogen-bond donors (Lipinski definition) is 0. The highest BCUT2D eigenvalue weighted by atomic mass is 15.4. The van der Waals surface area contributed by atoms with Crippen LogP contribution < -0.4 is 0 Å². The highest BCUT2D eigenvalue weighted by Crippen LogP contribution is 2.26. The van der Waals surface area contributed by atoms with E-state index in [0.717, 1.165) is 16.4 Å². The van der Waals surface area contributed by atoms with Crippen LogP contribution in [0.5, 0.6) is 0 Å². The fourth-order valence-electron chi connectivity index (χ4n) is 1.61. The third-order valence-electron chi connectivity index (χ3n) is 3.64. The number of hydrogen-bond acceptors (Lipinski definition) is 0. The van der Waals surface area contributed by atoms with Crippen molar-refractivity contribution in [2.75, 3.05) is 14.1 Å². The summed E-state index contributed by atoms with van der Waals surface area (Å²) >= 11 is 0. The average molecular weight is 186 g/mol. The first-order chi connectivity index (χ1) is 5.59. The topological polar surface area (TPSA) is 0 Å². The number of quaternary nitrogens is 1. The quantitative estimate of drug-likeness (QED) is 0.593. The Morgan fingerprint density at radius 1 is 1.00 bits per heavy atom. The lowest BCUT2D eigenvalue weighted by Crippen LogP contribution is -2.59. The first-order valence-corrected chi connectivity index (χ1v) is 5.42. The van der Waals surface area contributed by atoms with Crippen LogP contribution in [0.2, 0.25) is 0 Å². The second kappa shape index (κ2) is 4.00. The largest absolute Gasteiger partial charge is 0.322 e. The molecule has 1 unspecified atom stereocenters. The number of nitrogens with zero attached hydrogens (tertiary/aromatic N) is 1. The number of rotatable bonds is 3. The molecule has 0 rings (SSSR count). The van der Waals surface area contributed by atoms with Gasteiger partial charge in [0, 0.05) is 6.42 Å². The average Bonchev–Trinajstić information content (AvgIpc) is 1.82. The van der Waals surface area contributed by atoms with Gasteiger partial charge in [-0.1, -0.05) is 13.8 Å². The summed E-state index contributed by atoms with van der Waals surface area (Å²) in [5, 5.41) is 0. The summed E-state index contributed by atoms with van der Waals surface area (Å²) in [5.41, 5.74) is 0.342. The maximum Gasteiger partial charge on any atom is 0.0905 e. The molecule has 0 radical (unpaired) electrons. The van der Waals surface area contributed by atoms with Gasteiger partial charge in [0.2, 0.25) is 0 Å². The molecule has 0 aliphatic heterocycles. The molecule has 1 heteroatoms. The summed E-state index contributed by atoms with van der Waals surface area (Å²) in [6.45, 7) is 13.9. The minimum atomic E-state index is 0.342. The fourth-order valence-corrected chi connectivity index (χ4v) is 1.61. The van der Waals surface area contributed by atoms with E-state index >= 15 is 0 Å². The van der Waals surface area contributed by atoms with Crippen molar-refractivity contribution in [2.45, 2.75) is 59.5 Å². The molecule has 0 spiro atoms. The zero-order valence-corrected chi connectivity index (χ0v) is 10.8. The summed E-state index contributed by atoms with van der Waals surface area (Å²) < 4.78 is 1.10. The van der Waals surface area contributed by atoms with Crippen LogP contribution >= 0.6 is 0 Å². The van der Waals surface area contributed by atoms with Crippen LogP contribution in [0.15, 0.2) is 0 Å². The molecule has 80 valence electrons. The van der Waals surface area contributed by atoms with E-state index in [2.05, 4.69) is 55.6 Å². The van der Waals surface area contributed by atoms with Crippen LogP contribution in [0.25, 0.3) is 0 Å². The van der Waals surface area contributed by atoms with Gasteiger partial charge < -0.3 is 4.48 Å². The Morgan fingerprint density at radius 2 is 1.38 bits per heavy atom. The van der Waals surface area contributed by atoms with E-state index in [1.165, 1.54) is 6.42 Å². The first kappa shape index (κ1) is 13.0. The lowest BCUT2D eigenvalue weighted by atomic mass is 9.95. The normalized spacial score (nSPS) is 16.4. The van der Waals surface area contributed by atoms with Crippen LogP contribution in [0.4, 0.5) is 0 Å². The van der Waals surface area contributed by atoms with E-state index < -0.39 is 0 Å². The standard InChI is InChI=1S/C12H28N/c1-10(2)9-11(3)13(7,8)12(4,5)6/h10-11H,9H2,1-8H3/q+1. The van der Waals surface area contributed by atoms with Crippen molar-refractivity contribution >= 4 is 0 Å². The van der Waals surface area contributed by atoms with Crippen LogP contribution in [0, 0.1) is 5.92 Å². The molecule has 0 amide bonds. The van der Waals surface area contributed by atoms with E-state index in [9.17, 15) is 0 Å². The van der Waals surface area contributed by atoms with Gasteiger partial charge in [0.15, 0.2) is 0 Å². The molecule has 1 nitrogen and oxygen atoms in total. The van der Waals surface area contributed by atoms with Gasteiger partial charge in [0.05, 0.1) is 25.7 Å². The molecule has 0 N–H and O–H groups in total. The molecule has 0 saturated carbocycles. The Morgan fingerprint density at radius 3 is 1.62 bits per heavy atom. The maximum atomic E-state index is 2.37. The zero-order valence-electron chi connectivity index (χ0n) is 10.8.